The molecule has 1 saturated heterocycles. The number of hydrogen-bond acceptors (Lipinski definition) is 5. The van der Waals surface area contributed by atoms with Gasteiger partial charge in [0.15, 0.2) is 0 Å². The van der Waals surface area contributed by atoms with Crippen molar-refractivity contribution in [3.8, 4) is 0 Å². The second-order valence-electron chi connectivity index (χ2n) is 9.20. The first-order valence-electron chi connectivity index (χ1n) is 11.7. The van der Waals surface area contributed by atoms with Crippen LogP contribution in [0.25, 0.3) is 6.08 Å². The van der Waals surface area contributed by atoms with E-state index in [0.29, 0.717) is 37.5 Å². The molecule has 8 nitrogen and oxygen atoms in total. The number of benzene rings is 1. The highest BCUT2D eigenvalue weighted by Gasteiger charge is 2.48. The molecule has 0 bridgehead atoms. The highest BCUT2D eigenvalue weighted by Crippen LogP contribution is 2.34. The van der Waals surface area contributed by atoms with Crippen LogP contribution in [0, 0.1) is 5.92 Å². The molecule has 0 atom stereocenters. The minimum atomic E-state index is -3.48. The monoisotopic (exact) mass is 472 g/mol. The third kappa shape index (κ3) is 5.52. The Balaban J connectivity index is 1.35. The molecule has 1 aliphatic carbocycles. The van der Waals surface area contributed by atoms with Crippen molar-refractivity contribution in [3.63, 3.8) is 0 Å². The topological polar surface area (TPSA) is 108 Å². The van der Waals surface area contributed by atoms with Crippen LogP contribution in [-0.4, -0.2) is 54.8 Å². The summed E-state index contributed by atoms with van der Waals surface area (Å²) in [7, 11) is -3.48. The fourth-order valence-corrected chi connectivity index (χ4v) is 6.21. The molecule has 2 amide bonds. The molecule has 4 rings (SSSR count). The molecule has 1 spiro atoms. The molecule has 2 N–H and O–H groups in total. The summed E-state index contributed by atoms with van der Waals surface area (Å²) >= 11 is 0. The summed E-state index contributed by atoms with van der Waals surface area (Å²) in [4.78, 5) is 28.8. The van der Waals surface area contributed by atoms with Crippen molar-refractivity contribution in [3.05, 3.63) is 35.9 Å². The molecule has 0 unspecified atom stereocenters. The lowest BCUT2D eigenvalue weighted by molar-refractivity contribution is -0.125. The predicted octanol–water partition coefficient (Wildman–Crippen LogP) is 2.93. The number of carbonyl (C=O) groups is 2. The lowest BCUT2D eigenvalue weighted by Crippen LogP contribution is -2.50. The summed E-state index contributed by atoms with van der Waals surface area (Å²) in [5.41, 5.74) is 0.664. The number of piperidine rings is 1. The largest absolute Gasteiger partial charge is 0.326 e. The first kappa shape index (κ1) is 23.6. The second-order valence-corrected chi connectivity index (χ2v) is 11.2. The van der Waals surface area contributed by atoms with Crippen LogP contribution < -0.4 is 10.6 Å². The van der Waals surface area contributed by atoms with E-state index in [0.717, 1.165) is 24.2 Å². The highest BCUT2D eigenvalue weighted by atomic mass is 32.2. The van der Waals surface area contributed by atoms with Crippen LogP contribution in [0.2, 0.25) is 0 Å². The first-order valence-corrected chi connectivity index (χ1v) is 13.3. The van der Waals surface area contributed by atoms with Gasteiger partial charge in [-0.1, -0.05) is 43.5 Å². The molecule has 178 valence electrons. The fraction of sp³-hybridized carbons (Fsp3) is 0.542. The van der Waals surface area contributed by atoms with Crippen molar-refractivity contribution in [2.24, 2.45) is 10.9 Å². The van der Waals surface area contributed by atoms with Gasteiger partial charge in [0, 0.05) is 31.6 Å². The van der Waals surface area contributed by atoms with Crippen molar-refractivity contribution in [1.82, 2.24) is 9.62 Å². The van der Waals surface area contributed by atoms with E-state index >= 15 is 0 Å². The fourth-order valence-electron chi connectivity index (χ4n) is 4.92. The lowest BCUT2D eigenvalue weighted by atomic mass is 9.88. The van der Waals surface area contributed by atoms with Crippen molar-refractivity contribution in [2.75, 3.05) is 24.2 Å². The zero-order valence-electron chi connectivity index (χ0n) is 19.0. The Hall–Kier alpha value is -2.52. The summed E-state index contributed by atoms with van der Waals surface area (Å²) in [6.07, 6.45) is 9.89. The standard InChI is InChI=1S/C24H32N4O4S/c1-18(29)25-21-11-5-7-19(17-21)8-6-16-33(31,32)28-14-12-24(13-15-28)23(30)26-22(27-24)20-9-3-2-4-10-20/h5-8,11,17,20H,2-4,9-10,12-16H2,1H3,(H,25,29)(H,26,27,30)/b8-6+. The van der Waals surface area contributed by atoms with Crippen molar-refractivity contribution < 1.29 is 18.0 Å². The Kier molecular flexibility index (Phi) is 6.99. The van der Waals surface area contributed by atoms with Crippen LogP contribution in [-0.2, 0) is 19.6 Å². The van der Waals surface area contributed by atoms with Gasteiger partial charge in [-0.3, -0.25) is 14.6 Å². The number of carbonyl (C=O) groups excluding carboxylic acids is 2. The number of nitrogens with one attached hydrogen (secondary N) is 2. The van der Waals surface area contributed by atoms with Crippen LogP contribution in [0.4, 0.5) is 5.69 Å². The van der Waals surface area contributed by atoms with Gasteiger partial charge < -0.3 is 10.6 Å². The van der Waals surface area contributed by atoms with Crippen LogP contribution in [0.1, 0.15) is 57.4 Å². The van der Waals surface area contributed by atoms with Gasteiger partial charge in [0.25, 0.3) is 5.91 Å². The van der Waals surface area contributed by atoms with Crippen LogP contribution in [0.3, 0.4) is 0 Å². The lowest BCUT2D eigenvalue weighted by Gasteiger charge is -2.34. The van der Waals surface area contributed by atoms with Gasteiger partial charge in [-0.25, -0.2) is 12.7 Å². The maximum absolute atomic E-state index is 12.9. The summed E-state index contributed by atoms with van der Waals surface area (Å²) in [5, 5.41) is 5.72. The average Bonchev–Trinajstić information content (AvgIpc) is 3.10. The molecule has 1 saturated carbocycles. The number of sulfonamides is 1. The van der Waals surface area contributed by atoms with E-state index in [1.807, 2.05) is 6.07 Å². The molecule has 1 aromatic rings. The molecule has 0 aromatic heterocycles. The van der Waals surface area contributed by atoms with E-state index in [1.54, 1.807) is 30.4 Å². The summed E-state index contributed by atoms with van der Waals surface area (Å²) in [6, 6.07) is 7.22. The molecular weight excluding hydrogens is 440 g/mol. The van der Waals surface area contributed by atoms with Gasteiger partial charge in [-0.2, -0.15) is 0 Å². The van der Waals surface area contributed by atoms with E-state index < -0.39 is 15.6 Å². The van der Waals surface area contributed by atoms with Gasteiger partial charge in [0.05, 0.1) is 5.75 Å². The van der Waals surface area contributed by atoms with Crippen LogP contribution >= 0.6 is 0 Å². The molecule has 3 aliphatic rings. The molecular formula is C24H32N4O4S. The number of rotatable bonds is 6. The number of aliphatic imine (C=N–C) groups is 1. The quantitative estimate of drug-likeness (QED) is 0.664. The summed E-state index contributed by atoms with van der Waals surface area (Å²) in [5.74, 6) is 0.804. The first-order chi connectivity index (χ1) is 15.8. The van der Waals surface area contributed by atoms with Gasteiger partial charge in [-0.15, -0.1) is 0 Å². The molecule has 2 heterocycles. The zero-order valence-corrected chi connectivity index (χ0v) is 19.9. The number of hydrogen-bond donors (Lipinski definition) is 2. The predicted molar refractivity (Wildman–Crippen MR) is 129 cm³/mol. The van der Waals surface area contributed by atoms with Crippen molar-refractivity contribution in [2.45, 2.75) is 57.4 Å². The normalized spacial score (nSPS) is 21.8. The maximum atomic E-state index is 12.9. The van der Waals surface area contributed by atoms with E-state index in [1.165, 1.54) is 30.5 Å². The second kappa shape index (κ2) is 9.77. The Labute approximate surface area is 195 Å². The summed E-state index contributed by atoms with van der Waals surface area (Å²) in [6.45, 7) is 2.03. The molecule has 0 radical (unpaired) electrons. The molecule has 2 aliphatic heterocycles. The van der Waals surface area contributed by atoms with Crippen LogP contribution in [0.15, 0.2) is 35.3 Å². The number of nitrogens with zero attached hydrogens (tertiary/aromatic N) is 2. The highest BCUT2D eigenvalue weighted by molar-refractivity contribution is 7.89. The molecule has 33 heavy (non-hydrogen) atoms. The number of anilines is 1. The number of amides is 2. The van der Waals surface area contributed by atoms with Crippen molar-refractivity contribution >= 4 is 39.4 Å². The minimum Gasteiger partial charge on any atom is -0.326 e. The molecule has 1 aromatic carbocycles. The SMILES string of the molecule is CC(=O)Nc1cccc(/C=C/CS(=O)(=O)N2CCC3(CC2)N=C(C2CCCCC2)NC3=O)c1. The Morgan fingerprint density at radius 2 is 1.97 bits per heavy atom. The van der Waals surface area contributed by atoms with Gasteiger partial charge in [0.1, 0.15) is 11.4 Å². The molecule has 9 heteroatoms. The maximum Gasteiger partial charge on any atom is 0.253 e. The van der Waals surface area contributed by atoms with Gasteiger partial charge >= 0.3 is 0 Å². The van der Waals surface area contributed by atoms with E-state index in [9.17, 15) is 18.0 Å². The molecule has 2 fully saturated rings. The third-order valence-corrected chi connectivity index (χ3v) is 8.52. The average molecular weight is 473 g/mol. The third-order valence-electron chi connectivity index (χ3n) is 6.76. The Bertz CT molecular complexity index is 1070. The van der Waals surface area contributed by atoms with Crippen molar-refractivity contribution in [1.29, 1.82) is 0 Å². The van der Waals surface area contributed by atoms with Gasteiger partial charge in [0.2, 0.25) is 15.9 Å². The number of amidine groups is 1. The Morgan fingerprint density at radius 3 is 2.67 bits per heavy atom. The minimum absolute atomic E-state index is 0.0703. The smallest absolute Gasteiger partial charge is 0.253 e. The van der Waals surface area contributed by atoms with E-state index in [-0.39, 0.29) is 17.6 Å². The van der Waals surface area contributed by atoms with E-state index in [4.69, 9.17) is 4.99 Å². The Morgan fingerprint density at radius 1 is 1.24 bits per heavy atom. The van der Waals surface area contributed by atoms with Gasteiger partial charge in [-0.05, 0) is 43.4 Å². The summed E-state index contributed by atoms with van der Waals surface area (Å²) < 4.78 is 27.2. The zero-order chi connectivity index (χ0) is 23.5. The van der Waals surface area contributed by atoms with Crippen LogP contribution in [0.5, 0.6) is 0 Å². The van der Waals surface area contributed by atoms with E-state index in [2.05, 4.69) is 10.6 Å².